The highest BCUT2D eigenvalue weighted by atomic mass is 16.5. The number of hydrogen-bond donors (Lipinski definition) is 3. The maximum absolute atomic E-state index is 12.5. The number of allylic oxidation sites excluding steroid dienone is 7. The second kappa shape index (κ2) is 55.4. The molecule has 386 valence electrons. The number of aliphatic hydroxyl groups excluding tert-OH is 2. The van der Waals surface area contributed by atoms with Gasteiger partial charge in [0.05, 0.1) is 25.4 Å². The molecule has 0 saturated heterocycles. The monoisotopic (exact) mass is 926 g/mol. The fourth-order valence-electron chi connectivity index (χ4n) is 8.59. The molecule has 0 aliphatic carbocycles. The molecule has 3 N–H and O–H groups in total. The van der Waals surface area contributed by atoms with Crippen LogP contribution in [0.4, 0.5) is 0 Å². The highest BCUT2D eigenvalue weighted by molar-refractivity contribution is 5.76. The van der Waals surface area contributed by atoms with Gasteiger partial charge >= 0.3 is 5.97 Å². The van der Waals surface area contributed by atoms with E-state index in [4.69, 9.17) is 4.74 Å². The molecule has 2 atom stereocenters. The van der Waals surface area contributed by atoms with Crippen molar-refractivity contribution in [1.29, 1.82) is 0 Å². The zero-order chi connectivity index (χ0) is 47.9. The first-order valence-corrected chi connectivity index (χ1v) is 28.9. The van der Waals surface area contributed by atoms with Crippen molar-refractivity contribution in [3.05, 3.63) is 48.6 Å². The van der Waals surface area contributed by atoms with Gasteiger partial charge in [0.15, 0.2) is 0 Å². The van der Waals surface area contributed by atoms with Crippen molar-refractivity contribution in [2.75, 3.05) is 13.2 Å². The molecule has 0 rings (SSSR count). The summed E-state index contributed by atoms with van der Waals surface area (Å²) in [6, 6.07) is -0.642. The van der Waals surface area contributed by atoms with Crippen molar-refractivity contribution < 1.29 is 24.5 Å². The average molecular weight is 927 g/mol. The van der Waals surface area contributed by atoms with Gasteiger partial charge in [-0.05, 0) is 89.9 Å². The van der Waals surface area contributed by atoms with Crippen LogP contribution in [0.25, 0.3) is 0 Å². The van der Waals surface area contributed by atoms with Gasteiger partial charge in [-0.15, -0.1) is 0 Å². The smallest absolute Gasteiger partial charge is 0.305 e. The number of esters is 1. The normalized spacial score (nSPS) is 13.0. The Balaban J connectivity index is 3.55. The minimum Gasteiger partial charge on any atom is -0.466 e. The van der Waals surface area contributed by atoms with Crippen LogP contribution in [0.5, 0.6) is 0 Å². The summed E-state index contributed by atoms with van der Waals surface area (Å²) in [6.07, 6.45) is 69.9. The SMILES string of the molecule is CCCC/C=C\CCCCCCCC(=O)OCCCCC/C=C\C/C=C\CCCCCCCCCC(=O)NC(CO)C(O)/C=C/CCCCCCCCCCCCCCCCCCCCC. The topological polar surface area (TPSA) is 95.9 Å². The fraction of sp³-hybridized carbons (Fsp3) is 0.833. The number of ether oxygens (including phenoxy) is 1. The van der Waals surface area contributed by atoms with Gasteiger partial charge in [-0.2, -0.15) is 0 Å². The van der Waals surface area contributed by atoms with E-state index in [2.05, 4.69) is 55.6 Å². The van der Waals surface area contributed by atoms with Crippen LogP contribution in [0.15, 0.2) is 48.6 Å². The van der Waals surface area contributed by atoms with Gasteiger partial charge in [-0.3, -0.25) is 9.59 Å². The summed E-state index contributed by atoms with van der Waals surface area (Å²) in [5, 5.41) is 23.2. The Kier molecular flexibility index (Phi) is 53.6. The molecule has 0 aromatic carbocycles. The number of amides is 1. The zero-order valence-electron chi connectivity index (χ0n) is 43.9. The third kappa shape index (κ3) is 51.2. The third-order valence-corrected chi connectivity index (χ3v) is 13.1. The number of rotatable bonds is 53. The second-order valence-corrected chi connectivity index (χ2v) is 19.6. The Morgan fingerprint density at radius 1 is 0.424 bits per heavy atom. The van der Waals surface area contributed by atoms with Crippen molar-refractivity contribution in [2.24, 2.45) is 0 Å². The molecule has 0 aromatic rings. The molecule has 0 radical (unpaired) electrons. The summed E-state index contributed by atoms with van der Waals surface area (Å²) in [5.74, 6) is -0.111. The first-order valence-electron chi connectivity index (χ1n) is 28.9. The number of hydrogen-bond acceptors (Lipinski definition) is 5. The lowest BCUT2D eigenvalue weighted by atomic mass is 10.0. The lowest BCUT2D eigenvalue weighted by Crippen LogP contribution is -2.45. The molecule has 0 spiro atoms. The standard InChI is InChI=1S/C60H111NO5/c1-3-5-7-9-11-13-15-16-17-18-19-20-21-23-26-29-33-36-40-44-48-52-58(63)57(56-62)61-59(64)53-49-45-41-37-34-30-27-24-22-25-28-31-35-39-43-47-51-55-66-60(65)54-50-46-42-38-32-14-12-10-8-6-4-2/h10,12,22,25,31,35,48,52,57-58,62-63H,3-9,11,13-21,23-24,26-30,32-34,36-47,49-51,53-56H2,1-2H3,(H,61,64)/b12-10-,25-22-,35-31-,52-48+. The van der Waals surface area contributed by atoms with Crippen LogP contribution >= 0.6 is 0 Å². The third-order valence-electron chi connectivity index (χ3n) is 13.1. The molecule has 0 heterocycles. The lowest BCUT2D eigenvalue weighted by molar-refractivity contribution is -0.143. The van der Waals surface area contributed by atoms with Gasteiger partial charge < -0.3 is 20.3 Å². The van der Waals surface area contributed by atoms with Crippen LogP contribution in [0.1, 0.15) is 296 Å². The minimum atomic E-state index is -0.857. The summed E-state index contributed by atoms with van der Waals surface area (Å²) in [5.41, 5.74) is 0. The Labute approximate surface area is 410 Å². The van der Waals surface area contributed by atoms with E-state index < -0.39 is 12.1 Å². The van der Waals surface area contributed by atoms with Crippen molar-refractivity contribution in [3.63, 3.8) is 0 Å². The lowest BCUT2D eigenvalue weighted by Gasteiger charge is -2.20. The Morgan fingerprint density at radius 2 is 0.773 bits per heavy atom. The van der Waals surface area contributed by atoms with E-state index in [0.717, 1.165) is 83.5 Å². The van der Waals surface area contributed by atoms with Crippen molar-refractivity contribution >= 4 is 11.9 Å². The van der Waals surface area contributed by atoms with Crippen LogP contribution in [0.3, 0.4) is 0 Å². The summed E-state index contributed by atoms with van der Waals surface area (Å²) < 4.78 is 5.42. The van der Waals surface area contributed by atoms with E-state index in [1.54, 1.807) is 6.08 Å². The van der Waals surface area contributed by atoms with Gasteiger partial charge in [0.25, 0.3) is 0 Å². The molecular weight excluding hydrogens is 815 g/mol. The van der Waals surface area contributed by atoms with Gasteiger partial charge in [-0.1, -0.05) is 242 Å². The van der Waals surface area contributed by atoms with Gasteiger partial charge in [0.1, 0.15) is 0 Å². The van der Waals surface area contributed by atoms with E-state index in [9.17, 15) is 19.8 Å². The summed E-state index contributed by atoms with van der Waals surface area (Å²) in [4.78, 5) is 24.4. The average Bonchev–Trinajstić information content (AvgIpc) is 3.32. The summed E-state index contributed by atoms with van der Waals surface area (Å²) >= 11 is 0. The Morgan fingerprint density at radius 3 is 1.21 bits per heavy atom. The van der Waals surface area contributed by atoms with E-state index in [1.165, 1.54) is 186 Å². The molecule has 0 aromatic heterocycles. The van der Waals surface area contributed by atoms with Crippen molar-refractivity contribution in [3.8, 4) is 0 Å². The van der Waals surface area contributed by atoms with E-state index in [-0.39, 0.29) is 18.5 Å². The van der Waals surface area contributed by atoms with Crippen LogP contribution in [0, 0.1) is 0 Å². The molecule has 1 amide bonds. The van der Waals surface area contributed by atoms with Gasteiger partial charge in [0, 0.05) is 12.8 Å². The summed E-state index contributed by atoms with van der Waals surface area (Å²) in [6.45, 7) is 4.82. The van der Waals surface area contributed by atoms with Crippen LogP contribution in [-0.4, -0.2) is 47.4 Å². The quantitative estimate of drug-likeness (QED) is 0.0321. The molecule has 0 aliphatic rings. The number of unbranched alkanes of at least 4 members (excludes halogenated alkanes) is 36. The molecule has 0 saturated carbocycles. The number of carbonyl (C=O) groups is 2. The predicted molar refractivity (Wildman–Crippen MR) is 287 cm³/mol. The molecule has 6 nitrogen and oxygen atoms in total. The molecule has 66 heavy (non-hydrogen) atoms. The Hall–Kier alpha value is -2.18. The highest BCUT2D eigenvalue weighted by Crippen LogP contribution is 2.16. The van der Waals surface area contributed by atoms with Crippen LogP contribution < -0.4 is 5.32 Å². The van der Waals surface area contributed by atoms with Crippen molar-refractivity contribution in [2.45, 2.75) is 309 Å². The van der Waals surface area contributed by atoms with Crippen LogP contribution in [-0.2, 0) is 14.3 Å². The maximum atomic E-state index is 12.5. The van der Waals surface area contributed by atoms with Crippen LogP contribution in [0.2, 0.25) is 0 Å². The van der Waals surface area contributed by atoms with E-state index in [1.807, 2.05) is 6.08 Å². The van der Waals surface area contributed by atoms with E-state index in [0.29, 0.717) is 19.4 Å². The first kappa shape index (κ1) is 63.8. The van der Waals surface area contributed by atoms with Crippen molar-refractivity contribution in [1.82, 2.24) is 5.32 Å². The molecule has 6 heteroatoms. The maximum Gasteiger partial charge on any atom is 0.305 e. The second-order valence-electron chi connectivity index (χ2n) is 19.6. The number of nitrogens with one attached hydrogen (secondary N) is 1. The predicted octanol–water partition coefficient (Wildman–Crippen LogP) is 17.8. The van der Waals surface area contributed by atoms with E-state index >= 15 is 0 Å². The molecule has 0 bridgehead atoms. The molecule has 0 aliphatic heterocycles. The fourth-order valence-corrected chi connectivity index (χ4v) is 8.59. The molecule has 2 unspecified atom stereocenters. The highest BCUT2D eigenvalue weighted by Gasteiger charge is 2.18. The minimum absolute atomic E-state index is 0.0279. The zero-order valence-corrected chi connectivity index (χ0v) is 43.9. The summed E-state index contributed by atoms with van der Waals surface area (Å²) in [7, 11) is 0. The van der Waals surface area contributed by atoms with Gasteiger partial charge in [0.2, 0.25) is 5.91 Å². The molecular formula is C60H111NO5. The first-order chi connectivity index (χ1) is 32.5. The number of carbonyl (C=O) groups excluding carboxylic acids is 2. The molecule has 0 fully saturated rings. The van der Waals surface area contributed by atoms with Gasteiger partial charge in [-0.25, -0.2) is 0 Å². The largest absolute Gasteiger partial charge is 0.466 e. The Bertz CT molecular complexity index is 1110. The number of aliphatic hydroxyl groups is 2.